The van der Waals surface area contributed by atoms with Gasteiger partial charge in [-0.2, -0.15) is 11.8 Å². The van der Waals surface area contributed by atoms with Crippen molar-refractivity contribution in [2.24, 2.45) is 5.92 Å². The molecular weight excluding hydrogens is 284 g/mol. The van der Waals surface area contributed by atoms with Crippen LogP contribution in [0.5, 0.6) is 0 Å². The number of benzene rings is 1. The van der Waals surface area contributed by atoms with E-state index < -0.39 is 0 Å². The van der Waals surface area contributed by atoms with Crippen LogP contribution in [-0.2, 0) is 4.79 Å². The van der Waals surface area contributed by atoms with Gasteiger partial charge in [0, 0.05) is 17.8 Å². The Bertz CT molecular complexity index is 458. The highest BCUT2D eigenvalue weighted by Crippen LogP contribution is 2.11. The van der Waals surface area contributed by atoms with Crippen molar-refractivity contribution in [2.75, 3.05) is 23.4 Å². The lowest BCUT2D eigenvalue weighted by atomic mass is 10.1. The van der Waals surface area contributed by atoms with Crippen LogP contribution in [-0.4, -0.2) is 29.9 Å². The van der Waals surface area contributed by atoms with E-state index in [1.165, 1.54) is 0 Å². The molecule has 21 heavy (non-hydrogen) atoms. The minimum atomic E-state index is -0.0833. The van der Waals surface area contributed by atoms with Crippen molar-refractivity contribution < 1.29 is 9.59 Å². The Morgan fingerprint density at radius 3 is 2.43 bits per heavy atom. The zero-order valence-electron chi connectivity index (χ0n) is 12.9. The summed E-state index contributed by atoms with van der Waals surface area (Å²) in [5, 5.41) is 5.69. The smallest absolute Gasteiger partial charge is 0.251 e. The summed E-state index contributed by atoms with van der Waals surface area (Å²) >= 11 is 1.62. The van der Waals surface area contributed by atoms with Crippen LogP contribution in [0.15, 0.2) is 24.3 Å². The molecule has 0 radical (unpaired) electrons. The predicted octanol–water partition coefficient (Wildman–Crippen LogP) is 3.15. The van der Waals surface area contributed by atoms with Gasteiger partial charge in [-0.25, -0.2) is 0 Å². The average Bonchev–Trinajstić information content (AvgIpc) is 2.45. The average molecular weight is 308 g/mol. The molecule has 0 bridgehead atoms. The fourth-order valence-corrected chi connectivity index (χ4v) is 2.30. The van der Waals surface area contributed by atoms with Crippen LogP contribution in [0.2, 0.25) is 0 Å². The second-order valence-corrected chi connectivity index (χ2v) is 6.39. The van der Waals surface area contributed by atoms with Gasteiger partial charge >= 0.3 is 0 Å². The Balaban J connectivity index is 2.46. The second kappa shape index (κ2) is 9.45. The maximum Gasteiger partial charge on any atom is 0.251 e. The first-order valence-corrected chi connectivity index (χ1v) is 8.44. The zero-order valence-corrected chi connectivity index (χ0v) is 13.8. The number of rotatable bonds is 8. The van der Waals surface area contributed by atoms with Crippen LogP contribution < -0.4 is 10.6 Å². The van der Waals surface area contributed by atoms with Gasteiger partial charge in [0.1, 0.15) is 0 Å². The van der Waals surface area contributed by atoms with Crippen molar-refractivity contribution in [3.8, 4) is 0 Å². The van der Waals surface area contributed by atoms with Crippen LogP contribution in [0.3, 0.4) is 0 Å². The van der Waals surface area contributed by atoms with E-state index in [9.17, 15) is 9.59 Å². The van der Waals surface area contributed by atoms with Crippen molar-refractivity contribution in [2.45, 2.75) is 27.2 Å². The molecule has 5 heteroatoms. The Labute approximate surface area is 131 Å². The topological polar surface area (TPSA) is 58.2 Å². The molecule has 0 aliphatic heterocycles. The van der Waals surface area contributed by atoms with Gasteiger partial charge in [0.15, 0.2) is 0 Å². The fraction of sp³-hybridized carbons (Fsp3) is 0.500. The molecule has 1 aromatic carbocycles. The van der Waals surface area contributed by atoms with E-state index in [2.05, 4.69) is 31.4 Å². The highest BCUT2D eigenvalue weighted by molar-refractivity contribution is 7.99. The lowest BCUT2D eigenvalue weighted by Gasteiger charge is -2.09. The van der Waals surface area contributed by atoms with Crippen molar-refractivity contribution >= 4 is 29.3 Å². The lowest BCUT2D eigenvalue weighted by molar-refractivity contribution is -0.113. The molecule has 0 saturated heterocycles. The van der Waals surface area contributed by atoms with Crippen molar-refractivity contribution in [1.82, 2.24) is 5.32 Å². The molecule has 2 amide bonds. The highest BCUT2D eigenvalue weighted by atomic mass is 32.2. The van der Waals surface area contributed by atoms with Crippen LogP contribution in [0, 0.1) is 5.92 Å². The van der Waals surface area contributed by atoms with Gasteiger partial charge in [0.25, 0.3) is 5.91 Å². The number of hydrogen-bond acceptors (Lipinski definition) is 3. The largest absolute Gasteiger partial charge is 0.352 e. The molecule has 0 spiro atoms. The Morgan fingerprint density at radius 1 is 1.19 bits per heavy atom. The normalized spacial score (nSPS) is 10.5. The number of thioether (sulfide) groups is 1. The van der Waals surface area contributed by atoms with Crippen molar-refractivity contribution in [3.05, 3.63) is 29.8 Å². The summed E-state index contributed by atoms with van der Waals surface area (Å²) in [6.45, 7) is 6.85. The summed E-state index contributed by atoms with van der Waals surface area (Å²) in [4.78, 5) is 23.5. The van der Waals surface area contributed by atoms with E-state index in [4.69, 9.17) is 0 Å². The molecule has 0 saturated carbocycles. The molecule has 0 aromatic heterocycles. The van der Waals surface area contributed by atoms with Gasteiger partial charge in [-0.05, 0) is 42.4 Å². The molecule has 0 fully saturated rings. The number of nitrogens with one attached hydrogen (secondary N) is 2. The maximum absolute atomic E-state index is 11.9. The quantitative estimate of drug-likeness (QED) is 0.725. The monoisotopic (exact) mass is 308 g/mol. The first kappa shape index (κ1) is 17.6. The Hall–Kier alpha value is -1.49. The van der Waals surface area contributed by atoms with E-state index in [0.717, 1.165) is 17.9 Å². The van der Waals surface area contributed by atoms with Gasteiger partial charge in [0.2, 0.25) is 5.91 Å². The molecule has 0 aliphatic rings. The van der Waals surface area contributed by atoms with E-state index in [-0.39, 0.29) is 11.8 Å². The number of carbonyl (C=O) groups excluding carboxylic acids is 2. The van der Waals surface area contributed by atoms with Crippen molar-refractivity contribution in [1.29, 1.82) is 0 Å². The fourth-order valence-electron chi connectivity index (χ4n) is 1.61. The number of anilines is 1. The van der Waals surface area contributed by atoms with Gasteiger partial charge in [-0.3, -0.25) is 9.59 Å². The molecule has 1 rings (SSSR count). The molecule has 2 N–H and O–H groups in total. The van der Waals surface area contributed by atoms with E-state index in [0.29, 0.717) is 23.8 Å². The van der Waals surface area contributed by atoms with Gasteiger partial charge < -0.3 is 10.6 Å². The third-order valence-electron chi connectivity index (χ3n) is 2.68. The number of carbonyl (C=O) groups is 2. The maximum atomic E-state index is 11.9. The predicted molar refractivity (Wildman–Crippen MR) is 89.9 cm³/mol. The first-order valence-electron chi connectivity index (χ1n) is 7.28. The molecule has 4 nitrogen and oxygen atoms in total. The molecule has 0 atom stereocenters. The minimum absolute atomic E-state index is 0.00883. The van der Waals surface area contributed by atoms with Gasteiger partial charge in [0.05, 0.1) is 5.75 Å². The lowest BCUT2D eigenvalue weighted by Crippen LogP contribution is -2.27. The highest BCUT2D eigenvalue weighted by Gasteiger charge is 2.07. The third-order valence-corrected chi connectivity index (χ3v) is 3.85. The standard InChI is InChI=1S/C16H24N2O2S/c1-4-9-21-11-15(19)18-14-7-5-13(6-8-14)16(20)17-10-12(2)3/h5-8,12H,4,9-11H2,1-3H3,(H,17,20)(H,18,19). The van der Waals surface area contributed by atoms with E-state index in [1.807, 2.05) is 0 Å². The minimum Gasteiger partial charge on any atom is -0.352 e. The van der Waals surface area contributed by atoms with E-state index in [1.54, 1.807) is 36.0 Å². The molecular formula is C16H24N2O2S. The summed E-state index contributed by atoms with van der Waals surface area (Å²) in [5.74, 6) is 1.78. The van der Waals surface area contributed by atoms with Crippen LogP contribution >= 0.6 is 11.8 Å². The summed E-state index contributed by atoms with van der Waals surface area (Å²) in [6.07, 6.45) is 1.07. The Morgan fingerprint density at radius 2 is 1.86 bits per heavy atom. The second-order valence-electron chi connectivity index (χ2n) is 5.28. The Kier molecular flexibility index (Phi) is 7.90. The molecule has 0 unspecified atom stereocenters. The van der Waals surface area contributed by atoms with Gasteiger partial charge in [-0.1, -0.05) is 20.8 Å². The zero-order chi connectivity index (χ0) is 15.7. The van der Waals surface area contributed by atoms with Gasteiger partial charge in [-0.15, -0.1) is 0 Å². The van der Waals surface area contributed by atoms with E-state index >= 15 is 0 Å². The summed E-state index contributed by atoms with van der Waals surface area (Å²) in [7, 11) is 0. The summed E-state index contributed by atoms with van der Waals surface area (Å²) < 4.78 is 0. The molecule has 116 valence electrons. The number of amides is 2. The summed E-state index contributed by atoms with van der Waals surface area (Å²) in [5.41, 5.74) is 1.33. The number of hydrogen-bond donors (Lipinski definition) is 2. The van der Waals surface area contributed by atoms with Crippen LogP contribution in [0.25, 0.3) is 0 Å². The molecule has 0 heterocycles. The first-order chi connectivity index (χ1) is 10.0. The van der Waals surface area contributed by atoms with Crippen LogP contribution in [0.1, 0.15) is 37.6 Å². The summed E-state index contributed by atoms with van der Waals surface area (Å²) in [6, 6.07) is 6.97. The third kappa shape index (κ3) is 7.18. The van der Waals surface area contributed by atoms with Crippen LogP contribution in [0.4, 0.5) is 5.69 Å². The van der Waals surface area contributed by atoms with Crippen molar-refractivity contribution in [3.63, 3.8) is 0 Å². The molecule has 1 aromatic rings. The molecule has 0 aliphatic carbocycles. The SMILES string of the molecule is CCCSCC(=O)Nc1ccc(C(=O)NCC(C)C)cc1.